The molecular formula is C19H16FN3O2. The van der Waals surface area contributed by atoms with E-state index in [1.165, 1.54) is 13.2 Å². The maximum absolute atomic E-state index is 13.6. The molecule has 0 aliphatic rings. The number of pyridine rings is 1. The first-order valence-electron chi connectivity index (χ1n) is 7.49. The Balaban J connectivity index is 2.10. The average molecular weight is 337 g/mol. The molecule has 1 amide bonds. The van der Waals surface area contributed by atoms with Crippen LogP contribution in [0.4, 0.5) is 10.2 Å². The molecule has 0 fully saturated rings. The minimum atomic E-state index is -0.506. The van der Waals surface area contributed by atoms with Crippen molar-refractivity contribution in [2.75, 3.05) is 12.8 Å². The number of hydrogen-bond acceptors (Lipinski definition) is 4. The number of anilines is 1. The number of aromatic nitrogens is 1. The summed E-state index contributed by atoms with van der Waals surface area (Å²) in [4.78, 5) is 15.6. The van der Waals surface area contributed by atoms with Gasteiger partial charge in [0.15, 0.2) is 11.6 Å². The zero-order chi connectivity index (χ0) is 18.0. The van der Waals surface area contributed by atoms with Crippen molar-refractivity contribution in [3.05, 3.63) is 66.1 Å². The number of nitrogen functional groups attached to an aromatic ring is 1. The van der Waals surface area contributed by atoms with Gasteiger partial charge in [-0.15, -0.1) is 0 Å². The van der Waals surface area contributed by atoms with Crippen LogP contribution in [-0.4, -0.2) is 18.0 Å². The maximum atomic E-state index is 13.6. The van der Waals surface area contributed by atoms with E-state index in [1.54, 1.807) is 36.5 Å². The Kier molecular flexibility index (Phi) is 4.35. The highest BCUT2D eigenvalue weighted by atomic mass is 19.1. The van der Waals surface area contributed by atoms with E-state index in [2.05, 4.69) is 4.98 Å². The maximum Gasteiger partial charge on any atom is 0.248 e. The van der Waals surface area contributed by atoms with E-state index in [4.69, 9.17) is 16.2 Å². The molecule has 0 aliphatic heterocycles. The number of carbonyl (C=O) groups is 1. The van der Waals surface area contributed by atoms with Crippen LogP contribution in [0.1, 0.15) is 10.4 Å². The van der Waals surface area contributed by atoms with Crippen molar-refractivity contribution in [2.45, 2.75) is 0 Å². The minimum absolute atomic E-state index is 0.123. The van der Waals surface area contributed by atoms with Gasteiger partial charge in [0, 0.05) is 22.9 Å². The number of ether oxygens (including phenoxy) is 1. The highest BCUT2D eigenvalue weighted by Crippen LogP contribution is 2.32. The van der Waals surface area contributed by atoms with E-state index < -0.39 is 11.7 Å². The number of rotatable bonds is 4. The molecule has 0 aliphatic carbocycles. The standard InChI is InChI=1S/C19H16FN3O2/c1-25-17-9-12(5-6-16(17)20)15-8-14(10-23-18(15)21)11-3-2-4-13(7-11)19(22)24/h2-10H,1H3,(H2,21,23)(H2,22,24). The van der Waals surface area contributed by atoms with Crippen LogP contribution in [-0.2, 0) is 0 Å². The van der Waals surface area contributed by atoms with E-state index >= 15 is 0 Å². The lowest BCUT2D eigenvalue weighted by molar-refractivity contribution is 0.100. The Morgan fingerprint density at radius 2 is 1.88 bits per heavy atom. The summed E-state index contributed by atoms with van der Waals surface area (Å²) in [6.45, 7) is 0. The van der Waals surface area contributed by atoms with Crippen LogP contribution in [0.5, 0.6) is 5.75 Å². The fraction of sp³-hybridized carbons (Fsp3) is 0.0526. The largest absolute Gasteiger partial charge is 0.494 e. The van der Waals surface area contributed by atoms with Crippen molar-refractivity contribution in [3.63, 3.8) is 0 Å². The van der Waals surface area contributed by atoms with Crippen LogP contribution >= 0.6 is 0 Å². The molecule has 1 aromatic heterocycles. The molecule has 3 rings (SSSR count). The molecule has 0 atom stereocenters. The lowest BCUT2D eigenvalue weighted by Crippen LogP contribution is -2.10. The molecule has 6 heteroatoms. The van der Waals surface area contributed by atoms with Crippen LogP contribution < -0.4 is 16.2 Å². The van der Waals surface area contributed by atoms with Crippen molar-refractivity contribution < 1.29 is 13.9 Å². The predicted octanol–water partition coefficient (Wildman–Crippen LogP) is 3.24. The van der Waals surface area contributed by atoms with E-state index in [9.17, 15) is 9.18 Å². The first-order chi connectivity index (χ1) is 12.0. The molecule has 0 spiro atoms. The van der Waals surface area contributed by atoms with E-state index in [0.29, 0.717) is 22.5 Å². The molecular weight excluding hydrogens is 321 g/mol. The van der Waals surface area contributed by atoms with Gasteiger partial charge in [0.1, 0.15) is 5.82 Å². The van der Waals surface area contributed by atoms with Crippen molar-refractivity contribution in [2.24, 2.45) is 5.73 Å². The van der Waals surface area contributed by atoms with Crippen LogP contribution in [0.2, 0.25) is 0 Å². The molecule has 0 saturated carbocycles. The average Bonchev–Trinajstić information content (AvgIpc) is 2.63. The highest BCUT2D eigenvalue weighted by Gasteiger charge is 2.11. The van der Waals surface area contributed by atoms with Gasteiger partial charge in [-0.2, -0.15) is 0 Å². The summed E-state index contributed by atoms with van der Waals surface area (Å²) >= 11 is 0. The van der Waals surface area contributed by atoms with E-state index in [1.807, 2.05) is 12.1 Å². The highest BCUT2D eigenvalue weighted by molar-refractivity contribution is 5.94. The van der Waals surface area contributed by atoms with Crippen molar-refractivity contribution in [3.8, 4) is 28.0 Å². The smallest absolute Gasteiger partial charge is 0.248 e. The normalized spacial score (nSPS) is 10.5. The second-order valence-corrected chi connectivity index (χ2v) is 5.45. The number of benzene rings is 2. The molecule has 126 valence electrons. The zero-order valence-corrected chi connectivity index (χ0v) is 13.5. The first kappa shape index (κ1) is 16.4. The molecule has 2 aromatic carbocycles. The second-order valence-electron chi connectivity index (χ2n) is 5.45. The summed E-state index contributed by atoms with van der Waals surface area (Å²) in [5.74, 6) is -0.529. The molecule has 0 bridgehead atoms. The summed E-state index contributed by atoms with van der Waals surface area (Å²) in [6.07, 6.45) is 1.61. The van der Waals surface area contributed by atoms with Gasteiger partial charge in [0.05, 0.1) is 7.11 Å². The number of carbonyl (C=O) groups excluding carboxylic acids is 1. The number of hydrogen-bond donors (Lipinski definition) is 2. The quantitative estimate of drug-likeness (QED) is 0.764. The molecule has 1 heterocycles. The number of nitrogens with zero attached hydrogens (tertiary/aromatic N) is 1. The number of primary amides is 1. The predicted molar refractivity (Wildman–Crippen MR) is 94.5 cm³/mol. The fourth-order valence-corrected chi connectivity index (χ4v) is 2.54. The minimum Gasteiger partial charge on any atom is -0.494 e. The van der Waals surface area contributed by atoms with Gasteiger partial charge in [0.2, 0.25) is 5.91 Å². The molecule has 3 aromatic rings. The number of nitrogens with two attached hydrogens (primary N) is 2. The van der Waals surface area contributed by atoms with Gasteiger partial charge in [-0.25, -0.2) is 9.37 Å². The topological polar surface area (TPSA) is 91.2 Å². The monoisotopic (exact) mass is 337 g/mol. The van der Waals surface area contributed by atoms with Crippen LogP contribution in [0, 0.1) is 5.82 Å². The summed E-state index contributed by atoms with van der Waals surface area (Å²) < 4.78 is 18.7. The second kappa shape index (κ2) is 6.60. The number of methoxy groups -OCH3 is 1. The Hall–Kier alpha value is -3.41. The molecule has 0 saturated heterocycles. The van der Waals surface area contributed by atoms with E-state index in [-0.39, 0.29) is 5.75 Å². The Morgan fingerprint density at radius 1 is 1.08 bits per heavy atom. The lowest BCUT2D eigenvalue weighted by atomic mass is 9.99. The number of halogens is 1. The Bertz CT molecular complexity index is 957. The Morgan fingerprint density at radius 3 is 2.60 bits per heavy atom. The van der Waals surface area contributed by atoms with E-state index in [0.717, 1.165) is 11.1 Å². The summed E-state index contributed by atoms with van der Waals surface area (Å²) in [7, 11) is 1.40. The van der Waals surface area contributed by atoms with Crippen molar-refractivity contribution >= 4 is 11.7 Å². The van der Waals surface area contributed by atoms with Crippen molar-refractivity contribution in [1.82, 2.24) is 4.98 Å². The lowest BCUT2D eigenvalue weighted by Gasteiger charge is -2.11. The van der Waals surface area contributed by atoms with Gasteiger partial charge in [-0.3, -0.25) is 4.79 Å². The van der Waals surface area contributed by atoms with Gasteiger partial charge >= 0.3 is 0 Å². The third-order valence-electron chi connectivity index (χ3n) is 3.86. The first-order valence-corrected chi connectivity index (χ1v) is 7.49. The molecule has 4 N–H and O–H groups in total. The third kappa shape index (κ3) is 3.28. The Labute approximate surface area is 144 Å². The van der Waals surface area contributed by atoms with Gasteiger partial charge < -0.3 is 16.2 Å². The van der Waals surface area contributed by atoms with Crippen LogP contribution in [0.25, 0.3) is 22.3 Å². The van der Waals surface area contributed by atoms with Crippen molar-refractivity contribution in [1.29, 1.82) is 0 Å². The summed E-state index contributed by atoms with van der Waals surface area (Å²) in [5.41, 5.74) is 14.6. The van der Waals surface area contributed by atoms with Crippen LogP contribution in [0.3, 0.4) is 0 Å². The molecule has 25 heavy (non-hydrogen) atoms. The summed E-state index contributed by atoms with van der Waals surface area (Å²) in [6, 6.07) is 13.2. The third-order valence-corrected chi connectivity index (χ3v) is 3.86. The van der Waals surface area contributed by atoms with Gasteiger partial charge in [0.25, 0.3) is 0 Å². The fourth-order valence-electron chi connectivity index (χ4n) is 2.54. The number of amides is 1. The van der Waals surface area contributed by atoms with Crippen LogP contribution in [0.15, 0.2) is 54.7 Å². The van der Waals surface area contributed by atoms with Gasteiger partial charge in [-0.1, -0.05) is 18.2 Å². The molecule has 0 radical (unpaired) electrons. The molecule has 5 nitrogen and oxygen atoms in total. The summed E-state index contributed by atoms with van der Waals surface area (Å²) in [5, 5.41) is 0. The molecule has 0 unspecified atom stereocenters. The zero-order valence-electron chi connectivity index (χ0n) is 13.5. The SMILES string of the molecule is COc1cc(-c2cc(-c3cccc(C(N)=O)c3)cnc2N)ccc1F. The van der Waals surface area contributed by atoms with Gasteiger partial charge in [-0.05, 0) is 41.5 Å².